The van der Waals surface area contributed by atoms with E-state index in [0.29, 0.717) is 49.2 Å². The average Bonchev–Trinajstić information content (AvgIpc) is 2.70. The minimum absolute atomic E-state index is 0.0349. The molecule has 0 aliphatic carbocycles. The quantitative estimate of drug-likeness (QED) is 0.725. The van der Waals surface area contributed by atoms with Gasteiger partial charge >= 0.3 is 6.09 Å². The van der Waals surface area contributed by atoms with Crippen LogP contribution in [0.5, 0.6) is 0 Å². The van der Waals surface area contributed by atoms with Crippen molar-refractivity contribution < 1.29 is 14.3 Å². The average molecular weight is 443 g/mol. The van der Waals surface area contributed by atoms with Crippen molar-refractivity contribution >= 4 is 22.9 Å². The number of amides is 2. The Morgan fingerprint density at radius 2 is 1.72 bits per heavy atom. The Hall–Kier alpha value is -2.90. The van der Waals surface area contributed by atoms with Crippen LogP contribution in [0.15, 0.2) is 29.1 Å². The molecule has 2 aromatic rings. The first-order valence-corrected chi connectivity index (χ1v) is 11.2. The molecule has 2 amide bonds. The van der Waals surface area contributed by atoms with E-state index in [9.17, 15) is 14.4 Å². The van der Waals surface area contributed by atoms with Gasteiger partial charge in [0.15, 0.2) is 0 Å². The molecule has 0 saturated carbocycles. The van der Waals surface area contributed by atoms with Crippen molar-refractivity contribution in [3.05, 3.63) is 40.4 Å². The molecule has 8 nitrogen and oxygen atoms in total. The Morgan fingerprint density at radius 1 is 1.09 bits per heavy atom. The zero-order valence-corrected chi connectivity index (χ0v) is 19.9. The highest BCUT2D eigenvalue weighted by atomic mass is 16.6. The van der Waals surface area contributed by atoms with Crippen LogP contribution in [-0.4, -0.2) is 62.1 Å². The van der Waals surface area contributed by atoms with Crippen molar-refractivity contribution in [3.63, 3.8) is 0 Å². The van der Waals surface area contributed by atoms with Crippen molar-refractivity contribution in [2.24, 2.45) is 0 Å². The number of carbonyl (C=O) groups excluding carboxylic acids is 2. The molecule has 0 radical (unpaired) electrons. The number of fused-ring (bicyclic) bond motifs is 1. The first-order chi connectivity index (χ1) is 15.0. The molecule has 1 aliphatic rings. The van der Waals surface area contributed by atoms with Gasteiger partial charge in [0.2, 0.25) is 5.91 Å². The number of para-hydroxylation sites is 1. The van der Waals surface area contributed by atoms with E-state index >= 15 is 0 Å². The summed E-state index contributed by atoms with van der Waals surface area (Å²) < 4.78 is 7.14. The van der Waals surface area contributed by atoms with Gasteiger partial charge in [-0.2, -0.15) is 0 Å². The van der Waals surface area contributed by atoms with Crippen LogP contribution >= 0.6 is 0 Å². The fourth-order valence-electron chi connectivity index (χ4n) is 4.12. The van der Waals surface area contributed by atoms with Crippen molar-refractivity contribution in [2.75, 3.05) is 13.1 Å². The number of ether oxygens (including phenoxy) is 1. The van der Waals surface area contributed by atoms with E-state index in [1.165, 1.54) is 0 Å². The topological polar surface area (TPSA) is 84.7 Å². The lowest BCUT2D eigenvalue weighted by Gasteiger charge is -2.44. The van der Waals surface area contributed by atoms with Gasteiger partial charge in [-0.15, -0.1) is 0 Å². The molecule has 1 fully saturated rings. The van der Waals surface area contributed by atoms with Gasteiger partial charge in [0.1, 0.15) is 11.4 Å². The van der Waals surface area contributed by atoms with E-state index < -0.39 is 5.60 Å². The molecule has 0 spiro atoms. The van der Waals surface area contributed by atoms with Gasteiger partial charge < -0.3 is 14.5 Å². The monoisotopic (exact) mass is 442 g/mol. The zero-order chi connectivity index (χ0) is 23.6. The van der Waals surface area contributed by atoms with Gasteiger partial charge in [-0.1, -0.05) is 12.1 Å². The van der Waals surface area contributed by atoms with Gasteiger partial charge in [0.05, 0.1) is 10.9 Å². The van der Waals surface area contributed by atoms with Gasteiger partial charge in [-0.3, -0.25) is 14.2 Å². The summed E-state index contributed by atoms with van der Waals surface area (Å²) in [5.41, 5.74) is 0.0578. The Morgan fingerprint density at radius 3 is 2.41 bits per heavy atom. The third-order valence-corrected chi connectivity index (χ3v) is 5.76. The van der Waals surface area contributed by atoms with Crippen molar-refractivity contribution in [3.8, 4) is 0 Å². The van der Waals surface area contributed by atoms with Gasteiger partial charge in [0.25, 0.3) is 5.56 Å². The maximum absolute atomic E-state index is 12.9. The number of rotatable bonds is 4. The van der Waals surface area contributed by atoms with Crippen LogP contribution in [0.2, 0.25) is 0 Å². The predicted molar refractivity (Wildman–Crippen MR) is 124 cm³/mol. The van der Waals surface area contributed by atoms with E-state index in [1.54, 1.807) is 15.5 Å². The predicted octanol–water partition coefficient (Wildman–Crippen LogP) is 3.34. The summed E-state index contributed by atoms with van der Waals surface area (Å²) >= 11 is 0. The summed E-state index contributed by atoms with van der Waals surface area (Å²) in [6.07, 6.45) is 0.539. The molecule has 2 atom stereocenters. The zero-order valence-electron chi connectivity index (χ0n) is 19.9. The lowest BCUT2D eigenvalue weighted by Crippen LogP contribution is -2.60. The summed E-state index contributed by atoms with van der Waals surface area (Å²) in [6, 6.07) is 7.07. The van der Waals surface area contributed by atoms with Gasteiger partial charge in [0, 0.05) is 38.1 Å². The largest absolute Gasteiger partial charge is 0.444 e. The number of nitrogens with zero attached hydrogens (tertiary/aromatic N) is 4. The van der Waals surface area contributed by atoms with E-state index in [0.717, 1.165) is 0 Å². The normalized spacial score (nSPS) is 19.3. The number of aromatic nitrogens is 2. The number of piperazine rings is 1. The van der Waals surface area contributed by atoms with Crippen LogP contribution in [0.25, 0.3) is 10.9 Å². The lowest BCUT2D eigenvalue weighted by atomic mass is 10.1. The summed E-state index contributed by atoms with van der Waals surface area (Å²) in [5, 5.41) is 0.588. The fourth-order valence-corrected chi connectivity index (χ4v) is 4.12. The summed E-state index contributed by atoms with van der Waals surface area (Å²) in [7, 11) is 0. The van der Waals surface area contributed by atoms with Crippen molar-refractivity contribution in [1.82, 2.24) is 19.4 Å². The molecular formula is C24H34N4O4. The summed E-state index contributed by atoms with van der Waals surface area (Å²) in [4.78, 5) is 46.3. The molecule has 1 aliphatic heterocycles. The smallest absolute Gasteiger partial charge is 0.410 e. The van der Waals surface area contributed by atoms with Crippen LogP contribution in [0.1, 0.15) is 53.3 Å². The van der Waals surface area contributed by atoms with Gasteiger partial charge in [-0.25, -0.2) is 9.78 Å². The van der Waals surface area contributed by atoms with Crippen LogP contribution in [0.3, 0.4) is 0 Å². The summed E-state index contributed by atoms with van der Waals surface area (Å²) in [6.45, 7) is 12.6. The molecule has 3 rings (SSSR count). The van der Waals surface area contributed by atoms with E-state index in [2.05, 4.69) is 4.98 Å². The Labute approximate surface area is 189 Å². The molecule has 2 heterocycles. The van der Waals surface area contributed by atoms with Crippen LogP contribution in [0, 0.1) is 6.92 Å². The SMILES string of the molecule is Cc1nc2ccccc2c(=O)n1CCCC(=O)N1C[C@H](C)N(C(=O)OC(C)(C)C)C[C@@H]1C. The second-order valence-electron chi connectivity index (χ2n) is 9.61. The third kappa shape index (κ3) is 5.29. The number of carbonyl (C=O) groups is 2. The molecule has 8 heteroatoms. The maximum Gasteiger partial charge on any atom is 0.410 e. The van der Waals surface area contributed by atoms with Crippen molar-refractivity contribution in [1.29, 1.82) is 0 Å². The molecule has 1 aromatic carbocycles. The van der Waals surface area contributed by atoms with E-state index in [1.807, 2.05) is 64.6 Å². The second kappa shape index (κ2) is 9.30. The highest BCUT2D eigenvalue weighted by Gasteiger charge is 2.36. The number of hydrogen-bond donors (Lipinski definition) is 0. The lowest BCUT2D eigenvalue weighted by molar-refractivity contribution is -0.137. The maximum atomic E-state index is 12.9. The number of benzene rings is 1. The molecule has 1 aromatic heterocycles. The molecule has 0 N–H and O–H groups in total. The van der Waals surface area contributed by atoms with Gasteiger partial charge in [-0.05, 0) is 60.1 Å². The van der Waals surface area contributed by atoms with E-state index in [-0.39, 0.29) is 29.6 Å². The molecule has 174 valence electrons. The summed E-state index contributed by atoms with van der Waals surface area (Å²) in [5.74, 6) is 0.682. The first kappa shape index (κ1) is 23.8. The Kier molecular flexibility index (Phi) is 6.91. The first-order valence-electron chi connectivity index (χ1n) is 11.2. The second-order valence-corrected chi connectivity index (χ2v) is 9.61. The number of hydrogen-bond acceptors (Lipinski definition) is 5. The highest BCUT2D eigenvalue weighted by Crippen LogP contribution is 2.20. The minimum Gasteiger partial charge on any atom is -0.444 e. The Bertz CT molecular complexity index is 1060. The standard InChI is InChI=1S/C24H34N4O4/c1-16-15-28(23(31)32-24(4,5)6)17(2)14-27(16)21(29)12-9-13-26-18(3)25-20-11-8-7-10-19(20)22(26)30/h7-8,10-11,16-17H,9,12-15H2,1-6H3/t16-,17-/m0/s1. The Balaban J connectivity index is 1.60. The number of aryl methyl sites for hydroxylation is 1. The van der Waals surface area contributed by atoms with Crippen LogP contribution < -0.4 is 5.56 Å². The van der Waals surface area contributed by atoms with E-state index in [4.69, 9.17) is 4.74 Å². The third-order valence-electron chi connectivity index (χ3n) is 5.76. The molecule has 0 unspecified atom stereocenters. The van der Waals surface area contributed by atoms with Crippen LogP contribution in [0.4, 0.5) is 4.79 Å². The fraction of sp³-hybridized carbons (Fsp3) is 0.583. The molecular weight excluding hydrogens is 408 g/mol. The molecule has 1 saturated heterocycles. The molecule has 0 bridgehead atoms. The molecule has 32 heavy (non-hydrogen) atoms. The van der Waals surface area contributed by atoms with Crippen molar-refractivity contribution in [2.45, 2.75) is 78.6 Å². The highest BCUT2D eigenvalue weighted by molar-refractivity contribution is 5.78. The minimum atomic E-state index is -0.555. The van der Waals surface area contributed by atoms with Crippen LogP contribution in [-0.2, 0) is 16.1 Å².